The molecule has 1 atom stereocenters. The van der Waals surface area contributed by atoms with Gasteiger partial charge in [0.15, 0.2) is 0 Å². The van der Waals surface area contributed by atoms with Crippen molar-refractivity contribution >= 4 is 40.7 Å². The van der Waals surface area contributed by atoms with Crippen molar-refractivity contribution in [1.82, 2.24) is 5.32 Å². The number of hydrogen-bond acceptors (Lipinski definition) is 3. The molecule has 1 fully saturated rings. The van der Waals surface area contributed by atoms with Gasteiger partial charge in [0.2, 0.25) is 0 Å². The van der Waals surface area contributed by atoms with Crippen LogP contribution >= 0.6 is 23.2 Å². The lowest BCUT2D eigenvalue weighted by Crippen LogP contribution is -2.41. The number of halogens is 2. The van der Waals surface area contributed by atoms with Gasteiger partial charge in [0.05, 0.1) is 16.8 Å². The van der Waals surface area contributed by atoms with Gasteiger partial charge in [0.25, 0.3) is 0 Å². The molecule has 1 aliphatic carbocycles. The van der Waals surface area contributed by atoms with Gasteiger partial charge in [-0.2, -0.15) is 0 Å². The fourth-order valence-corrected chi connectivity index (χ4v) is 3.01. The Kier molecular flexibility index (Phi) is 6.06. The zero-order valence-corrected chi connectivity index (χ0v) is 13.5. The molecule has 0 radical (unpaired) electrons. The molecule has 7 heteroatoms. The Morgan fingerprint density at radius 1 is 1.23 bits per heavy atom. The van der Waals surface area contributed by atoms with Gasteiger partial charge in [-0.05, 0) is 37.0 Å². The highest BCUT2D eigenvalue weighted by atomic mass is 35.5. The summed E-state index contributed by atoms with van der Waals surface area (Å²) in [6.45, 7) is 0.0747. The molecular formula is C15H18Cl2N2O3. The molecule has 1 aromatic rings. The molecule has 120 valence electrons. The summed E-state index contributed by atoms with van der Waals surface area (Å²) in [5.41, 5.74) is 0.308. The van der Waals surface area contributed by atoms with E-state index >= 15 is 0 Å². The van der Waals surface area contributed by atoms with Crippen LogP contribution in [0.5, 0.6) is 0 Å². The van der Waals surface area contributed by atoms with Crippen molar-refractivity contribution in [2.75, 3.05) is 11.9 Å². The standard InChI is InChI=1S/C15H18Cl2N2O3/c16-10-5-6-12(11(17)7-10)19-15(22)14(21)18-8-13(20)9-3-1-2-4-9/h5-7,9,13,20H,1-4,8H2,(H,18,21)(H,19,22). The number of rotatable bonds is 4. The van der Waals surface area contributed by atoms with Gasteiger partial charge < -0.3 is 15.7 Å². The Morgan fingerprint density at radius 2 is 1.91 bits per heavy atom. The number of nitrogens with one attached hydrogen (secondary N) is 2. The first-order valence-electron chi connectivity index (χ1n) is 7.19. The van der Waals surface area contributed by atoms with Crippen LogP contribution in [0.2, 0.25) is 10.0 Å². The Labute approximate surface area is 139 Å². The average Bonchev–Trinajstić information content (AvgIpc) is 3.01. The molecule has 0 saturated heterocycles. The molecule has 5 nitrogen and oxygen atoms in total. The van der Waals surface area contributed by atoms with Crippen molar-refractivity contribution in [3.63, 3.8) is 0 Å². The molecule has 1 saturated carbocycles. The molecule has 1 aliphatic rings. The predicted octanol–water partition coefficient (Wildman–Crippen LogP) is 2.60. The van der Waals surface area contributed by atoms with E-state index < -0.39 is 17.9 Å². The van der Waals surface area contributed by atoms with Gasteiger partial charge in [-0.1, -0.05) is 36.0 Å². The summed E-state index contributed by atoms with van der Waals surface area (Å²) >= 11 is 11.7. The highest BCUT2D eigenvalue weighted by Gasteiger charge is 2.24. The van der Waals surface area contributed by atoms with E-state index in [2.05, 4.69) is 10.6 Å². The third-order valence-corrected chi connectivity index (χ3v) is 4.35. The molecule has 3 N–H and O–H groups in total. The van der Waals surface area contributed by atoms with E-state index in [4.69, 9.17) is 23.2 Å². The normalized spacial score (nSPS) is 16.3. The highest BCUT2D eigenvalue weighted by Crippen LogP contribution is 2.27. The lowest BCUT2D eigenvalue weighted by atomic mass is 10.0. The van der Waals surface area contributed by atoms with Crippen LogP contribution in [-0.2, 0) is 9.59 Å². The molecule has 2 rings (SSSR count). The lowest BCUT2D eigenvalue weighted by Gasteiger charge is -2.17. The molecule has 0 spiro atoms. The van der Waals surface area contributed by atoms with E-state index in [9.17, 15) is 14.7 Å². The number of anilines is 1. The summed E-state index contributed by atoms with van der Waals surface area (Å²) in [6.07, 6.45) is 3.52. The quantitative estimate of drug-likeness (QED) is 0.734. The largest absolute Gasteiger partial charge is 0.391 e. The van der Waals surface area contributed by atoms with E-state index in [0.29, 0.717) is 10.7 Å². The summed E-state index contributed by atoms with van der Waals surface area (Å²) in [5, 5.41) is 15.5. The van der Waals surface area contributed by atoms with Crippen LogP contribution in [0.1, 0.15) is 25.7 Å². The summed E-state index contributed by atoms with van der Waals surface area (Å²) < 4.78 is 0. The van der Waals surface area contributed by atoms with E-state index in [1.165, 1.54) is 12.1 Å². The minimum Gasteiger partial charge on any atom is -0.391 e. The van der Waals surface area contributed by atoms with Crippen LogP contribution in [0.25, 0.3) is 0 Å². The maximum absolute atomic E-state index is 11.8. The van der Waals surface area contributed by atoms with Gasteiger partial charge in [-0.15, -0.1) is 0 Å². The van der Waals surface area contributed by atoms with Crippen molar-refractivity contribution in [2.45, 2.75) is 31.8 Å². The van der Waals surface area contributed by atoms with Crippen molar-refractivity contribution in [2.24, 2.45) is 5.92 Å². The molecule has 22 heavy (non-hydrogen) atoms. The summed E-state index contributed by atoms with van der Waals surface area (Å²) in [4.78, 5) is 23.5. The van der Waals surface area contributed by atoms with Crippen LogP contribution < -0.4 is 10.6 Å². The van der Waals surface area contributed by atoms with Crippen molar-refractivity contribution in [3.8, 4) is 0 Å². The molecule has 0 heterocycles. The molecule has 1 unspecified atom stereocenters. The number of carbonyl (C=O) groups is 2. The van der Waals surface area contributed by atoms with E-state index in [0.717, 1.165) is 25.7 Å². The van der Waals surface area contributed by atoms with Crippen LogP contribution in [0.4, 0.5) is 5.69 Å². The predicted molar refractivity (Wildman–Crippen MR) is 86.1 cm³/mol. The maximum Gasteiger partial charge on any atom is 0.313 e. The van der Waals surface area contributed by atoms with E-state index in [-0.39, 0.29) is 17.5 Å². The minimum absolute atomic E-state index is 0.0747. The van der Waals surface area contributed by atoms with Gasteiger partial charge in [0, 0.05) is 11.6 Å². The zero-order chi connectivity index (χ0) is 16.1. The number of hydrogen-bond donors (Lipinski definition) is 3. The SMILES string of the molecule is O=C(NCC(O)C1CCCC1)C(=O)Nc1ccc(Cl)cc1Cl. The topological polar surface area (TPSA) is 78.4 Å². The van der Waals surface area contributed by atoms with Crippen molar-refractivity contribution < 1.29 is 14.7 Å². The summed E-state index contributed by atoms with van der Waals surface area (Å²) in [6, 6.07) is 4.55. The molecule has 0 aliphatic heterocycles. The Balaban J connectivity index is 1.82. The Morgan fingerprint density at radius 3 is 2.55 bits per heavy atom. The second-order valence-corrected chi connectivity index (χ2v) is 6.24. The van der Waals surface area contributed by atoms with Crippen molar-refractivity contribution in [1.29, 1.82) is 0 Å². The number of benzene rings is 1. The lowest BCUT2D eigenvalue weighted by molar-refractivity contribution is -0.136. The van der Waals surface area contributed by atoms with Crippen LogP contribution in [0, 0.1) is 5.92 Å². The number of aliphatic hydroxyl groups is 1. The fourth-order valence-electron chi connectivity index (χ4n) is 2.56. The first-order valence-corrected chi connectivity index (χ1v) is 7.95. The third-order valence-electron chi connectivity index (χ3n) is 3.80. The van der Waals surface area contributed by atoms with Crippen molar-refractivity contribution in [3.05, 3.63) is 28.2 Å². The zero-order valence-electron chi connectivity index (χ0n) is 11.9. The number of aliphatic hydroxyl groups excluding tert-OH is 1. The van der Waals surface area contributed by atoms with Gasteiger partial charge in [-0.3, -0.25) is 9.59 Å². The first-order chi connectivity index (χ1) is 10.5. The maximum atomic E-state index is 11.8. The third kappa shape index (κ3) is 4.60. The van der Waals surface area contributed by atoms with Gasteiger partial charge in [-0.25, -0.2) is 0 Å². The summed E-state index contributed by atoms with van der Waals surface area (Å²) in [5.74, 6) is -1.43. The summed E-state index contributed by atoms with van der Waals surface area (Å²) in [7, 11) is 0. The molecule has 1 aromatic carbocycles. The van der Waals surface area contributed by atoms with Crippen LogP contribution in [0.15, 0.2) is 18.2 Å². The molecular weight excluding hydrogens is 327 g/mol. The molecule has 0 aromatic heterocycles. The Bertz CT molecular complexity index is 560. The molecule has 0 bridgehead atoms. The fraction of sp³-hybridized carbons (Fsp3) is 0.467. The van der Waals surface area contributed by atoms with E-state index in [1.54, 1.807) is 6.07 Å². The number of carbonyl (C=O) groups excluding carboxylic acids is 2. The first kappa shape index (κ1) is 17.1. The van der Waals surface area contributed by atoms with Crippen LogP contribution in [-0.4, -0.2) is 29.6 Å². The molecule has 2 amide bonds. The Hall–Kier alpha value is -1.30. The van der Waals surface area contributed by atoms with Crippen LogP contribution in [0.3, 0.4) is 0 Å². The van der Waals surface area contributed by atoms with Gasteiger partial charge in [0.1, 0.15) is 0 Å². The van der Waals surface area contributed by atoms with E-state index in [1.807, 2.05) is 0 Å². The smallest absolute Gasteiger partial charge is 0.313 e. The second kappa shape index (κ2) is 7.81. The number of amides is 2. The van der Waals surface area contributed by atoms with Gasteiger partial charge >= 0.3 is 11.8 Å². The monoisotopic (exact) mass is 344 g/mol. The highest BCUT2D eigenvalue weighted by molar-refractivity contribution is 6.42. The average molecular weight is 345 g/mol. The minimum atomic E-state index is -0.831. The second-order valence-electron chi connectivity index (χ2n) is 5.40.